The minimum atomic E-state index is -0.282. The molecule has 1 amide bonds. The third-order valence-electron chi connectivity index (χ3n) is 2.49. The first-order valence-corrected chi connectivity index (χ1v) is 5.30. The fraction of sp³-hybridized carbons (Fsp3) is 0.154. The summed E-state index contributed by atoms with van der Waals surface area (Å²) in [6, 6.07) is 7.36. The molecule has 2 aromatic heterocycles. The lowest BCUT2D eigenvalue weighted by Crippen LogP contribution is -2.31. The zero-order chi connectivity index (χ0) is 13.0. The Bertz CT molecular complexity index is 643. The van der Waals surface area contributed by atoms with E-state index < -0.39 is 0 Å². The summed E-state index contributed by atoms with van der Waals surface area (Å²) >= 11 is 0. The predicted octanol–water partition coefficient (Wildman–Crippen LogP) is 0.933. The summed E-state index contributed by atoms with van der Waals surface area (Å²) < 4.78 is 1.60. The van der Waals surface area contributed by atoms with Gasteiger partial charge in [-0.25, -0.2) is 4.52 Å². The second-order valence-corrected chi connectivity index (χ2v) is 3.61. The molecule has 88 valence electrons. The Morgan fingerprint density at radius 3 is 3.06 bits per heavy atom. The van der Waals surface area contributed by atoms with E-state index in [1.807, 2.05) is 18.2 Å². The average Bonchev–Trinajstić information content (AvgIpc) is 2.81. The van der Waals surface area contributed by atoms with Crippen molar-refractivity contribution in [3.8, 4) is 18.4 Å². The number of pyridine rings is 1. The number of rotatable bonds is 3. The summed E-state index contributed by atoms with van der Waals surface area (Å²) in [6.07, 6.45) is 8.43. The molecule has 2 rings (SSSR count). The summed E-state index contributed by atoms with van der Waals surface area (Å²) in [7, 11) is 0. The SMILES string of the molecule is C#CCN(CC#N)C(=O)c1cnn2ccccc12. The number of nitriles is 1. The zero-order valence-electron chi connectivity index (χ0n) is 9.58. The fourth-order valence-electron chi connectivity index (χ4n) is 1.66. The molecule has 0 atom stereocenters. The van der Waals surface area contributed by atoms with Gasteiger partial charge in [-0.1, -0.05) is 12.0 Å². The van der Waals surface area contributed by atoms with Gasteiger partial charge >= 0.3 is 0 Å². The Hall–Kier alpha value is -2.79. The molecule has 0 N–H and O–H groups in total. The highest BCUT2D eigenvalue weighted by Gasteiger charge is 2.18. The van der Waals surface area contributed by atoms with Crippen molar-refractivity contribution in [1.82, 2.24) is 14.5 Å². The van der Waals surface area contributed by atoms with Gasteiger partial charge in [0.15, 0.2) is 0 Å². The molecule has 0 fully saturated rings. The van der Waals surface area contributed by atoms with E-state index in [0.717, 1.165) is 0 Å². The number of nitrogens with zero attached hydrogens (tertiary/aromatic N) is 4. The second kappa shape index (κ2) is 5.03. The molecule has 0 aromatic carbocycles. The van der Waals surface area contributed by atoms with Crippen molar-refractivity contribution in [1.29, 1.82) is 5.26 Å². The van der Waals surface area contributed by atoms with Crippen LogP contribution in [0.4, 0.5) is 0 Å². The topological polar surface area (TPSA) is 61.4 Å². The predicted molar refractivity (Wildman–Crippen MR) is 65.5 cm³/mol. The Labute approximate surface area is 104 Å². The molecule has 2 heterocycles. The minimum absolute atomic E-state index is 0.0345. The van der Waals surface area contributed by atoms with Crippen molar-refractivity contribution < 1.29 is 4.79 Å². The number of aromatic nitrogens is 2. The van der Waals surface area contributed by atoms with E-state index in [0.29, 0.717) is 11.1 Å². The van der Waals surface area contributed by atoms with Crippen LogP contribution in [-0.2, 0) is 0 Å². The maximum Gasteiger partial charge on any atom is 0.259 e. The summed E-state index contributed by atoms with van der Waals surface area (Å²) in [5.74, 6) is 2.09. The van der Waals surface area contributed by atoms with E-state index in [-0.39, 0.29) is 19.0 Å². The molecule has 0 radical (unpaired) electrons. The summed E-state index contributed by atoms with van der Waals surface area (Å²) in [6.45, 7) is 0.0732. The smallest absolute Gasteiger partial charge is 0.259 e. The lowest BCUT2D eigenvalue weighted by atomic mass is 10.2. The van der Waals surface area contributed by atoms with E-state index in [9.17, 15) is 4.79 Å². The lowest BCUT2D eigenvalue weighted by Gasteiger charge is -2.15. The molecular weight excluding hydrogens is 228 g/mol. The van der Waals surface area contributed by atoms with Crippen LogP contribution in [0.3, 0.4) is 0 Å². The van der Waals surface area contributed by atoms with Crippen LogP contribution >= 0.6 is 0 Å². The Morgan fingerprint density at radius 2 is 2.33 bits per heavy atom. The van der Waals surface area contributed by atoms with Gasteiger partial charge in [0.1, 0.15) is 6.54 Å². The van der Waals surface area contributed by atoms with E-state index >= 15 is 0 Å². The van der Waals surface area contributed by atoms with E-state index in [4.69, 9.17) is 11.7 Å². The molecule has 0 spiro atoms. The van der Waals surface area contributed by atoms with Gasteiger partial charge < -0.3 is 4.90 Å². The van der Waals surface area contributed by atoms with Crippen LogP contribution in [0.5, 0.6) is 0 Å². The highest BCUT2D eigenvalue weighted by molar-refractivity contribution is 6.00. The average molecular weight is 238 g/mol. The molecule has 5 heteroatoms. The first-order chi connectivity index (χ1) is 8.77. The minimum Gasteiger partial charge on any atom is -0.314 e. The van der Waals surface area contributed by atoms with Crippen LogP contribution in [-0.4, -0.2) is 33.5 Å². The molecule has 0 aliphatic rings. The van der Waals surface area contributed by atoms with Crippen LogP contribution in [0.1, 0.15) is 10.4 Å². The van der Waals surface area contributed by atoms with Crippen molar-refractivity contribution in [2.45, 2.75) is 0 Å². The molecule has 0 aliphatic heterocycles. The number of terminal acetylenes is 1. The van der Waals surface area contributed by atoms with Crippen LogP contribution in [0.15, 0.2) is 30.6 Å². The lowest BCUT2D eigenvalue weighted by molar-refractivity contribution is 0.0797. The second-order valence-electron chi connectivity index (χ2n) is 3.61. The Morgan fingerprint density at radius 1 is 1.50 bits per heavy atom. The van der Waals surface area contributed by atoms with Gasteiger partial charge in [0, 0.05) is 6.20 Å². The fourth-order valence-corrected chi connectivity index (χ4v) is 1.66. The summed E-state index contributed by atoms with van der Waals surface area (Å²) in [5, 5.41) is 12.8. The van der Waals surface area contributed by atoms with Gasteiger partial charge in [0.05, 0.1) is 29.9 Å². The van der Waals surface area contributed by atoms with Gasteiger partial charge in [0.2, 0.25) is 0 Å². The van der Waals surface area contributed by atoms with Gasteiger partial charge in [-0.05, 0) is 12.1 Å². The van der Waals surface area contributed by atoms with Crippen molar-refractivity contribution in [2.75, 3.05) is 13.1 Å². The molecule has 2 aromatic rings. The van der Waals surface area contributed by atoms with Gasteiger partial charge in [0.25, 0.3) is 5.91 Å². The number of carbonyl (C=O) groups is 1. The largest absolute Gasteiger partial charge is 0.314 e. The van der Waals surface area contributed by atoms with Gasteiger partial charge in [-0.2, -0.15) is 10.4 Å². The van der Waals surface area contributed by atoms with Crippen molar-refractivity contribution in [2.24, 2.45) is 0 Å². The quantitative estimate of drug-likeness (QED) is 0.590. The number of fused-ring (bicyclic) bond motifs is 1. The van der Waals surface area contributed by atoms with Crippen LogP contribution in [0, 0.1) is 23.7 Å². The number of hydrogen-bond acceptors (Lipinski definition) is 3. The van der Waals surface area contributed by atoms with Gasteiger partial charge in [-0.15, -0.1) is 6.42 Å². The zero-order valence-corrected chi connectivity index (χ0v) is 9.58. The third-order valence-corrected chi connectivity index (χ3v) is 2.49. The van der Waals surface area contributed by atoms with Crippen molar-refractivity contribution in [3.63, 3.8) is 0 Å². The number of hydrogen-bond donors (Lipinski definition) is 0. The molecule has 5 nitrogen and oxygen atoms in total. The highest BCUT2D eigenvalue weighted by atomic mass is 16.2. The molecule has 0 unspecified atom stereocenters. The summed E-state index contributed by atoms with van der Waals surface area (Å²) in [5.41, 5.74) is 1.14. The molecule has 18 heavy (non-hydrogen) atoms. The molecule has 0 bridgehead atoms. The Balaban J connectivity index is 2.39. The van der Waals surface area contributed by atoms with Crippen LogP contribution in [0.2, 0.25) is 0 Å². The van der Waals surface area contributed by atoms with E-state index in [1.54, 1.807) is 16.8 Å². The van der Waals surface area contributed by atoms with E-state index in [1.165, 1.54) is 11.1 Å². The maximum absolute atomic E-state index is 12.2. The third kappa shape index (κ3) is 2.02. The van der Waals surface area contributed by atoms with E-state index in [2.05, 4.69) is 11.0 Å². The van der Waals surface area contributed by atoms with Crippen molar-refractivity contribution >= 4 is 11.4 Å². The van der Waals surface area contributed by atoms with Crippen molar-refractivity contribution in [3.05, 3.63) is 36.2 Å². The monoisotopic (exact) mass is 238 g/mol. The van der Waals surface area contributed by atoms with Crippen LogP contribution < -0.4 is 0 Å². The first kappa shape index (κ1) is 11.7. The Kier molecular flexibility index (Phi) is 3.26. The van der Waals surface area contributed by atoms with Crippen LogP contribution in [0.25, 0.3) is 5.52 Å². The number of carbonyl (C=O) groups excluding carboxylic acids is 1. The molecule has 0 saturated heterocycles. The first-order valence-electron chi connectivity index (χ1n) is 5.30. The van der Waals surface area contributed by atoms with Gasteiger partial charge in [-0.3, -0.25) is 4.79 Å². The standard InChI is InChI=1S/C13H10N4O/c1-2-7-16(9-6-14)13(18)11-10-15-17-8-4-3-5-12(11)17/h1,3-5,8,10H,7,9H2. The maximum atomic E-state index is 12.2. The highest BCUT2D eigenvalue weighted by Crippen LogP contribution is 2.12. The molecule has 0 saturated carbocycles. The molecular formula is C13H10N4O. The summed E-state index contributed by atoms with van der Waals surface area (Å²) in [4.78, 5) is 13.5. The number of amides is 1. The normalized spacial score (nSPS) is 9.67. The molecule has 0 aliphatic carbocycles.